The van der Waals surface area contributed by atoms with Gasteiger partial charge in [0, 0.05) is 12.0 Å². The number of hydrogen-bond donors (Lipinski definition) is 1. The normalized spacial score (nSPS) is 22.9. The lowest BCUT2D eigenvalue weighted by Crippen LogP contribution is -2.29. The second-order valence-electron chi connectivity index (χ2n) is 6.68. The van der Waals surface area contributed by atoms with Crippen LogP contribution in [0.15, 0.2) is 48.6 Å². The molecule has 26 heavy (non-hydrogen) atoms. The third kappa shape index (κ3) is 2.60. The Bertz CT molecular complexity index is 872. The average molecular weight is 350 g/mol. The van der Waals surface area contributed by atoms with Gasteiger partial charge in [-0.1, -0.05) is 36.4 Å². The van der Waals surface area contributed by atoms with Crippen LogP contribution in [0.1, 0.15) is 39.9 Å². The number of ether oxygens (including phenoxy) is 2. The maximum atomic E-state index is 11.0. The third-order valence-electron chi connectivity index (χ3n) is 5.37. The molecule has 1 aliphatic carbocycles. The van der Waals surface area contributed by atoms with Gasteiger partial charge in [0.25, 0.3) is 0 Å². The zero-order valence-electron chi connectivity index (χ0n) is 14.7. The molecule has 0 bridgehead atoms. The first-order valence-electron chi connectivity index (χ1n) is 8.62. The lowest BCUT2D eigenvalue weighted by molar-refractivity contribution is -0.255. The van der Waals surface area contributed by atoms with Crippen molar-refractivity contribution in [2.75, 3.05) is 19.5 Å². The predicted octanol–water partition coefficient (Wildman–Crippen LogP) is 2.89. The van der Waals surface area contributed by atoms with E-state index in [4.69, 9.17) is 9.47 Å². The van der Waals surface area contributed by atoms with E-state index in [1.807, 2.05) is 18.2 Å². The first-order chi connectivity index (χ1) is 12.6. The predicted molar refractivity (Wildman–Crippen MR) is 96.7 cm³/mol. The largest absolute Gasteiger partial charge is 0.545 e. The fourth-order valence-corrected chi connectivity index (χ4v) is 4.08. The van der Waals surface area contributed by atoms with E-state index in [-0.39, 0.29) is 17.5 Å². The van der Waals surface area contributed by atoms with Crippen molar-refractivity contribution in [1.29, 1.82) is 0 Å². The summed E-state index contributed by atoms with van der Waals surface area (Å²) >= 11 is 0. The molecule has 3 atom stereocenters. The number of carboxylic acids is 1. The van der Waals surface area contributed by atoms with E-state index < -0.39 is 5.97 Å². The second kappa shape index (κ2) is 6.41. The molecule has 0 amide bonds. The van der Waals surface area contributed by atoms with Crippen LogP contribution in [0.25, 0.3) is 0 Å². The zero-order valence-corrected chi connectivity index (χ0v) is 14.7. The Labute approximate surface area is 152 Å². The van der Waals surface area contributed by atoms with E-state index in [0.29, 0.717) is 5.92 Å². The highest BCUT2D eigenvalue weighted by atomic mass is 16.5. The lowest BCUT2D eigenvalue weighted by atomic mass is 9.76. The van der Waals surface area contributed by atoms with Crippen molar-refractivity contribution < 1.29 is 19.4 Å². The van der Waals surface area contributed by atoms with Crippen molar-refractivity contribution in [2.24, 2.45) is 5.92 Å². The Balaban J connectivity index is 1.77. The number of carbonyl (C=O) groups is 1. The van der Waals surface area contributed by atoms with E-state index in [1.54, 1.807) is 26.4 Å². The molecule has 0 fully saturated rings. The SMILES string of the molecule is COc1cc(OC)c2c(c1)[C@H]1C=CC[C@@H]1[C@@H](c1ccc(C(=O)[O-])cc1)N2. The Morgan fingerprint density at radius 2 is 1.92 bits per heavy atom. The number of nitrogens with one attached hydrogen (secondary N) is 1. The van der Waals surface area contributed by atoms with E-state index in [9.17, 15) is 9.90 Å². The van der Waals surface area contributed by atoms with Crippen molar-refractivity contribution in [2.45, 2.75) is 18.4 Å². The molecule has 0 spiro atoms. The molecule has 0 radical (unpaired) electrons. The highest BCUT2D eigenvalue weighted by molar-refractivity contribution is 5.85. The van der Waals surface area contributed by atoms with Crippen LogP contribution in [-0.4, -0.2) is 20.2 Å². The number of fused-ring (bicyclic) bond motifs is 3. The molecule has 5 heteroatoms. The summed E-state index contributed by atoms with van der Waals surface area (Å²) in [5.41, 5.74) is 3.38. The maximum absolute atomic E-state index is 11.0. The number of methoxy groups -OCH3 is 2. The third-order valence-corrected chi connectivity index (χ3v) is 5.37. The number of carbonyl (C=O) groups excluding carboxylic acids is 1. The molecule has 0 aromatic heterocycles. The van der Waals surface area contributed by atoms with Gasteiger partial charge >= 0.3 is 0 Å². The van der Waals surface area contributed by atoms with Crippen molar-refractivity contribution >= 4 is 11.7 Å². The molecule has 134 valence electrons. The molecule has 0 saturated carbocycles. The van der Waals surface area contributed by atoms with Crippen LogP contribution in [0.3, 0.4) is 0 Å². The van der Waals surface area contributed by atoms with Gasteiger partial charge in [0.15, 0.2) is 0 Å². The zero-order chi connectivity index (χ0) is 18.3. The first-order valence-corrected chi connectivity index (χ1v) is 8.62. The highest BCUT2D eigenvalue weighted by Gasteiger charge is 2.39. The molecule has 5 nitrogen and oxygen atoms in total. The number of aromatic carboxylic acids is 1. The first kappa shape index (κ1) is 16.5. The minimum atomic E-state index is -1.16. The molecule has 0 unspecified atom stereocenters. The van der Waals surface area contributed by atoms with Gasteiger partial charge in [-0.2, -0.15) is 0 Å². The number of allylic oxidation sites excluding steroid dienone is 2. The summed E-state index contributed by atoms with van der Waals surface area (Å²) in [6, 6.07) is 10.9. The molecule has 1 N–H and O–H groups in total. The van der Waals surface area contributed by atoms with Crippen LogP contribution in [-0.2, 0) is 0 Å². The van der Waals surface area contributed by atoms with E-state index in [2.05, 4.69) is 23.5 Å². The summed E-state index contributed by atoms with van der Waals surface area (Å²) in [4.78, 5) is 11.0. The van der Waals surface area contributed by atoms with Crippen molar-refractivity contribution in [3.05, 3.63) is 65.2 Å². The summed E-state index contributed by atoms with van der Waals surface area (Å²) < 4.78 is 11.0. The van der Waals surface area contributed by atoms with E-state index >= 15 is 0 Å². The van der Waals surface area contributed by atoms with Gasteiger partial charge in [0.2, 0.25) is 0 Å². The molecule has 2 aromatic rings. The van der Waals surface area contributed by atoms with Gasteiger partial charge in [0.1, 0.15) is 11.5 Å². The minimum Gasteiger partial charge on any atom is -0.545 e. The monoisotopic (exact) mass is 350 g/mol. The summed E-state index contributed by atoms with van der Waals surface area (Å²) in [6.45, 7) is 0. The molecule has 2 aromatic carbocycles. The van der Waals surface area contributed by atoms with Crippen LogP contribution in [0.4, 0.5) is 5.69 Å². The lowest BCUT2D eigenvalue weighted by Gasteiger charge is -2.38. The van der Waals surface area contributed by atoms with Gasteiger partial charge < -0.3 is 24.7 Å². The van der Waals surface area contributed by atoms with Crippen LogP contribution < -0.4 is 19.9 Å². The minimum absolute atomic E-state index is 0.0700. The van der Waals surface area contributed by atoms with Crippen LogP contribution in [0.2, 0.25) is 0 Å². The van der Waals surface area contributed by atoms with E-state index in [0.717, 1.165) is 29.2 Å². The number of hydrogen-bond acceptors (Lipinski definition) is 5. The highest BCUT2D eigenvalue weighted by Crippen LogP contribution is 2.53. The molecule has 0 saturated heterocycles. The fraction of sp³-hybridized carbons (Fsp3) is 0.286. The smallest absolute Gasteiger partial charge is 0.145 e. The second-order valence-corrected chi connectivity index (χ2v) is 6.68. The maximum Gasteiger partial charge on any atom is 0.145 e. The number of benzene rings is 2. The van der Waals surface area contributed by atoms with Gasteiger partial charge in [-0.05, 0) is 35.1 Å². The summed E-state index contributed by atoms with van der Waals surface area (Å²) in [5.74, 6) is 0.981. The molecule has 4 rings (SSSR count). The van der Waals surface area contributed by atoms with Gasteiger partial charge in [-0.15, -0.1) is 0 Å². The molecule has 1 heterocycles. The van der Waals surface area contributed by atoms with Crippen LogP contribution in [0.5, 0.6) is 11.5 Å². The fourth-order valence-electron chi connectivity index (χ4n) is 4.08. The number of carboxylic acid groups (broad SMARTS) is 1. The standard InChI is InChI=1S/C21H21NO4/c1-25-14-10-17-15-4-3-5-16(15)19(22-20(17)18(11-14)26-2)12-6-8-13(9-7-12)21(23)24/h3-4,6-11,15-16,19,22H,5H2,1-2H3,(H,23,24)/p-1/t15-,16-,19+/m0/s1. The quantitative estimate of drug-likeness (QED) is 0.859. The Morgan fingerprint density at radius 3 is 2.58 bits per heavy atom. The Morgan fingerprint density at radius 1 is 1.15 bits per heavy atom. The van der Waals surface area contributed by atoms with Crippen molar-refractivity contribution in [3.63, 3.8) is 0 Å². The Kier molecular flexibility index (Phi) is 4.07. The molecular formula is C21H20NO4-. The van der Waals surface area contributed by atoms with Crippen LogP contribution in [0, 0.1) is 5.92 Å². The summed E-state index contributed by atoms with van der Waals surface area (Å²) in [7, 11) is 3.30. The van der Waals surface area contributed by atoms with Gasteiger partial charge in [-0.3, -0.25) is 0 Å². The van der Waals surface area contributed by atoms with Gasteiger partial charge in [-0.25, -0.2) is 0 Å². The van der Waals surface area contributed by atoms with Crippen molar-refractivity contribution in [1.82, 2.24) is 0 Å². The summed E-state index contributed by atoms with van der Waals surface area (Å²) in [5, 5.41) is 14.6. The Hall–Kier alpha value is -2.95. The van der Waals surface area contributed by atoms with E-state index in [1.165, 1.54) is 5.56 Å². The van der Waals surface area contributed by atoms with Crippen LogP contribution >= 0.6 is 0 Å². The van der Waals surface area contributed by atoms with Crippen molar-refractivity contribution in [3.8, 4) is 11.5 Å². The number of anilines is 1. The number of rotatable bonds is 4. The average Bonchev–Trinajstić information content (AvgIpc) is 3.16. The molecule has 2 aliphatic rings. The summed E-state index contributed by atoms with van der Waals surface area (Å²) in [6.07, 6.45) is 5.41. The molecular weight excluding hydrogens is 330 g/mol. The topological polar surface area (TPSA) is 70.6 Å². The van der Waals surface area contributed by atoms with Gasteiger partial charge in [0.05, 0.1) is 31.9 Å². The molecule has 1 aliphatic heterocycles.